The summed E-state index contributed by atoms with van der Waals surface area (Å²) in [6, 6.07) is 21.6. The molecule has 0 bridgehead atoms. The predicted molar refractivity (Wildman–Crippen MR) is 156 cm³/mol. The van der Waals surface area contributed by atoms with Gasteiger partial charge in [0.2, 0.25) is 0 Å². The molecule has 3 aromatic carbocycles. The number of halogens is 1. The van der Waals surface area contributed by atoms with Gasteiger partial charge in [0, 0.05) is 10.6 Å². The van der Waals surface area contributed by atoms with Crippen LogP contribution in [0.1, 0.15) is 36.6 Å². The lowest BCUT2D eigenvalue weighted by molar-refractivity contribution is -0.139. The summed E-state index contributed by atoms with van der Waals surface area (Å²) in [6.45, 7) is 4.07. The van der Waals surface area contributed by atoms with Crippen LogP contribution in [0.25, 0.3) is 6.08 Å². The number of esters is 1. The number of ether oxygens (including phenoxy) is 3. The Labute approximate surface area is 240 Å². The molecule has 40 heavy (non-hydrogen) atoms. The van der Waals surface area contributed by atoms with E-state index in [9.17, 15) is 9.59 Å². The maximum Gasteiger partial charge on any atom is 0.338 e. The molecule has 9 heteroatoms. The summed E-state index contributed by atoms with van der Waals surface area (Å²) in [5.74, 6) is 0.808. The van der Waals surface area contributed by atoms with Crippen LogP contribution in [0, 0.1) is 0 Å². The van der Waals surface area contributed by atoms with Gasteiger partial charge in [-0.1, -0.05) is 65.4 Å². The molecule has 0 saturated carbocycles. The van der Waals surface area contributed by atoms with E-state index in [0.29, 0.717) is 43.7 Å². The van der Waals surface area contributed by atoms with Gasteiger partial charge in [0.1, 0.15) is 18.1 Å². The van der Waals surface area contributed by atoms with Gasteiger partial charge < -0.3 is 14.2 Å². The van der Waals surface area contributed by atoms with E-state index in [-0.39, 0.29) is 12.2 Å². The fourth-order valence-corrected chi connectivity index (χ4v) is 5.67. The third-order valence-corrected chi connectivity index (χ3v) is 7.70. The zero-order valence-electron chi connectivity index (χ0n) is 22.2. The molecule has 1 aliphatic heterocycles. The van der Waals surface area contributed by atoms with E-state index in [1.807, 2.05) is 60.7 Å². The molecule has 4 aromatic rings. The lowest BCUT2D eigenvalue weighted by atomic mass is 9.96. The maximum atomic E-state index is 13.9. The molecule has 0 spiro atoms. The summed E-state index contributed by atoms with van der Waals surface area (Å²) in [7, 11) is 1.59. The quantitative estimate of drug-likeness (QED) is 0.276. The van der Waals surface area contributed by atoms with Crippen molar-refractivity contribution in [1.82, 2.24) is 4.57 Å². The van der Waals surface area contributed by atoms with E-state index in [1.165, 1.54) is 11.3 Å². The second kappa shape index (κ2) is 11.9. The van der Waals surface area contributed by atoms with Gasteiger partial charge in [0.25, 0.3) is 5.56 Å². The lowest BCUT2D eigenvalue weighted by Gasteiger charge is -2.24. The summed E-state index contributed by atoms with van der Waals surface area (Å²) in [4.78, 5) is 32.1. The molecule has 0 aliphatic carbocycles. The Kier molecular flexibility index (Phi) is 8.19. The highest BCUT2D eigenvalue weighted by Crippen LogP contribution is 2.31. The van der Waals surface area contributed by atoms with Gasteiger partial charge in [-0.15, -0.1) is 0 Å². The Bertz CT molecular complexity index is 1760. The molecular weight excluding hydrogens is 548 g/mol. The van der Waals surface area contributed by atoms with Crippen LogP contribution in [-0.4, -0.2) is 24.3 Å². The molecule has 204 valence electrons. The van der Waals surface area contributed by atoms with Crippen LogP contribution >= 0.6 is 22.9 Å². The Hall–Kier alpha value is -4.14. The molecule has 0 unspecified atom stereocenters. The number of rotatable bonds is 8. The molecule has 7 nitrogen and oxygen atoms in total. The smallest absolute Gasteiger partial charge is 0.338 e. The molecule has 0 amide bonds. The number of carbonyl (C=O) groups excluding carboxylic acids is 1. The highest BCUT2D eigenvalue weighted by atomic mass is 35.5. The van der Waals surface area contributed by atoms with E-state index in [4.69, 9.17) is 25.8 Å². The number of thiazole rings is 1. The fourth-order valence-electron chi connectivity index (χ4n) is 4.51. The number of benzene rings is 3. The predicted octanol–water partition coefficient (Wildman–Crippen LogP) is 5.04. The highest BCUT2D eigenvalue weighted by molar-refractivity contribution is 7.07. The van der Waals surface area contributed by atoms with Gasteiger partial charge in [-0.25, -0.2) is 9.79 Å². The SMILES string of the molecule is CCOC(=O)C1=C(C)N=c2s/c(=C\c3ccccc3OCc3ccc(Cl)cc3)c(=O)n2[C@H]1c1ccc(OC)cc1. The number of para-hydroxylation sites is 1. The minimum absolute atomic E-state index is 0.210. The van der Waals surface area contributed by atoms with Crippen molar-refractivity contribution in [3.8, 4) is 11.5 Å². The first-order valence-corrected chi connectivity index (χ1v) is 13.9. The van der Waals surface area contributed by atoms with Gasteiger partial charge >= 0.3 is 5.97 Å². The first-order valence-electron chi connectivity index (χ1n) is 12.7. The van der Waals surface area contributed by atoms with Crippen LogP contribution < -0.4 is 24.4 Å². The second-order valence-electron chi connectivity index (χ2n) is 9.03. The van der Waals surface area contributed by atoms with E-state index in [0.717, 1.165) is 16.7 Å². The van der Waals surface area contributed by atoms with Crippen molar-refractivity contribution >= 4 is 35.0 Å². The zero-order valence-corrected chi connectivity index (χ0v) is 23.8. The number of allylic oxidation sites excluding steroid dienone is 1. The standard InChI is InChI=1S/C31H27ClN2O5S/c1-4-38-30(36)27-19(2)33-31-34(28(27)21-11-15-24(37-3)16-12-21)29(35)26(40-31)17-22-7-5-6-8-25(22)39-18-20-9-13-23(32)14-10-20/h5-17,28H,4,18H2,1-3H3/b26-17-/t28-/m0/s1. The molecule has 5 rings (SSSR count). The lowest BCUT2D eigenvalue weighted by Crippen LogP contribution is -2.39. The first-order chi connectivity index (χ1) is 19.4. The van der Waals surface area contributed by atoms with E-state index in [2.05, 4.69) is 4.99 Å². The molecule has 1 aromatic heterocycles. The molecule has 0 fully saturated rings. The number of fused-ring (bicyclic) bond motifs is 1. The topological polar surface area (TPSA) is 79.1 Å². The molecule has 1 aliphatic rings. The number of aromatic nitrogens is 1. The Morgan fingerprint density at radius 1 is 1.07 bits per heavy atom. The number of hydrogen-bond acceptors (Lipinski definition) is 7. The maximum absolute atomic E-state index is 13.9. The monoisotopic (exact) mass is 574 g/mol. The van der Waals surface area contributed by atoms with Gasteiger partial charge in [-0.2, -0.15) is 0 Å². The molecule has 0 saturated heterocycles. The van der Waals surface area contributed by atoms with Crippen molar-refractivity contribution in [3.05, 3.63) is 125 Å². The van der Waals surface area contributed by atoms with Crippen LogP contribution in [0.15, 0.2) is 93.9 Å². The summed E-state index contributed by atoms with van der Waals surface area (Å²) < 4.78 is 18.8. The molecule has 1 atom stereocenters. The van der Waals surface area contributed by atoms with E-state index >= 15 is 0 Å². The van der Waals surface area contributed by atoms with Gasteiger partial charge in [0.15, 0.2) is 4.80 Å². The van der Waals surface area contributed by atoms with Crippen molar-refractivity contribution in [2.45, 2.75) is 26.5 Å². The number of methoxy groups -OCH3 is 1. The fraction of sp³-hybridized carbons (Fsp3) is 0.194. The van der Waals surface area contributed by atoms with Gasteiger partial charge in [0.05, 0.1) is 35.6 Å². The average molecular weight is 575 g/mol. The summed E-state index contributed by atoms with van der Waals surface area (Å²) in [5, 5.41) is 0.661. The Balaban J connectivity index is 1.59. The second-order valence-corrected chi connectivity index (χ2v) is 10.5. The van der Waals surface area contributed by atoms with Crippen molar-refractivity contribution in [3.63, 3.8) is 0 Å². The van der Waals surface area contributed by atoms with Crippen LogP contribution in [0.5, 0.6) is 11.5 Å². The van der Waals surface area contributed by atoms with Crippen molar-refractivity contribution < 1.29 is 19.0 Å². The van der Waals surface area contributed by atoms with Crippen molar-refractivity contribution in [2.24, 2.45) is 4.99 Å². The normalized spacial score (nSPS) is 14.9. The zero-order chi connectivity index (χ0) is 28.2. The van der Waals surface area contributed by atoms with Gasteiger partial charge in [-0.05, 0) is 61.4 Å². The number of nitrogens with zero attached hydrogens (tertiary/aromatic N) is 2. The van der Waals surface area contributed by atoms with Crippen molar-refractivity contribution in [1.29, 1.82) is 0 Å². The number of carbonyl (C=O) groups is 1. The molecular formula is C31H27ClN2O5S. The molecule has 2 heterocycles. The third-order valence-electron chi connectivity index (χ3n) is 6.46. The Morgan fingerprint density at radius 2 is 1.80 bits per heavy atom. The van der Waals surface area contributed by atoms with Crippen LogP contribution in [0.2, 0.25) is 5.02 Å². The van der Waals surface area contributed by atoms with E-state index in [1.54, 1.807) is 43.7 Å². The van der Waals surface area contributed by atoms with Crippen LogP contribution in [0.3, 0.4) is 0 Å². The minimum Gasteiger partial charge on any atom is -0.497 e. The average Bonchev–Trinajstić information content (AvgIpc) is 3.26. The van der Waals surface area contributed by atoms with Gasteiger partial charge in [-0.3, -0.25) is 9.36 Å². The largest absolute Gasteiger partial charge is 0.497 e. The minimum atomic E-state index is -0.695. The first kappa shape index (κ1) is 27.4. The third kappa shape index (κ3) is 5.59. The molecule has 0 radical (unpaired) electrons. The summed E-state index contributed by atoms with van der Waals surface area (Å²) in [6.07, 6.45) is 1.80. The molecule has 0 N–H and O–H groups in total. The number of hydrogen-bond donors (Lipinski definition) is 0. The van der Waals surface area contributed by atoms with E-state index < -0.39 is 12.0 Å². The van der Waals surface area contributed by atoms with Crippen LogP contribution in [-0.2, 0) is 16.1 Å². The summed E-state index contributed by atoms with van der Waals surface area (Å²) >= 11 is 7.26. The van der Waals surface area contributed by atoms with Crippen LogP contribution in [0.4, 0.5) is 0 Å². The van der Waals surface area contributed by atoms with Crippen molar-refractivity contribution in [2.75, 3.05) is 13.7 Å². The highest BCUT2D eigenvalue weighted by Gasteiger charge is 2.33. The summed E-state index contributed by atoms with van der Waals surface area (Å²) in [5.41, 5.74) is 3.06. The Morgan fingerprint density at radius 3 is 2.50 bits per heavy atom.